The van der Waals surface area contributed by atoms with Crippen molar-refractivity contribution in [2.75, 3.05) is 0 Å². The molecule has 0 heterocycles. The topological polar surface area (TPSA) is 0 Å². The molecule has 12 heavy (non-hydrogen) atoms. The van der Waals surface area contributed by atoms with Crippen molar-refractivity contribution < 1.29 is 0 Å². The van der Waals surface area contributed by atoms with Crippen LogP contribution in [0.4, 0.5) is 0 Å². The first-order valence-electron chi connectivity index (χ1n) is 5.14. The maximum Gasteiger partial charge on any atom is 0.135 e. The first-order valence-corrected chi connectivity index (χ1v) is 9.76. The molecule has 0 radical (unpaired) electrons. The van der Waals surface area contributed by atoms with Crippen LogP contribution < -0.4 is 0 Å². The van der Waals surface area contributed by atoms with Crippen molar-refractivity contribution in [3.63, 3.8) is 0 Å². The van der Waals surface area contributed by atoms with Crippen LogP contribution in [-0.4, -0.2) is 6.69 Å². The highest BCUT2D eigenvalue weighted by atomic mass is 79.9. The lowest BCUT2D eigenvalue weighted by Gasteiger charge is -2.33. The molecule has 0 aliphatic carbocycles. The van der Waals surface area contributed by atoms with Crippen LogP contribution in [0, 0.1) is 0 Å². The van der Waals surface area contributed by atoms with Crippen molar-refractivity contribution in [3.05, 3.63) is 0 Å². The average Bonchev–Trinajstić information content (AvgIpc) is 1.99. The fraction of sp³-hybridized carbons (Fsp3) is 1.00. The zero-order chi connectivity index (χ0) is 9.78. The van der Waals surface area contributed by atoms with Crippen LogP contribution in [-0.2, 0) is 0 Å². The largest absolute Gasteiger partial charge is 0.135 e. The summed E-state index contributed by atoms with van der Waals surface area (Å²) in [6.07, 6.45) is 2.73. The standard InChI is InChI=1S/C10H23BrSi/c1-6-7-8-12(11,9(2)3)10(4)5/h9-10H,6-8H2,1-5H3. The second kappa shape index (κ2) is 5.43. The van der Waals surface area contributed by atoms with Crippen molar-refractivity contribution >= 4 is 22.0 Å². The van der Waals surface area contributed by atoms with Gasteiger partial charge in [-0.1, -0.05) is 47.5 Å². The van der Waals surface area contributed by atoms with Gasteiger partial charge >= 0.3 is 0 Å². The Kier molecular flexibility index (Phi) is 5.75. The third kappa shape index (κ3) is 3.21. The van der Waals surface area contributed by atoms with Crippen LogP contribution in [0.5, 0.6) is 0 Å². The van der Waals surface area contributed by atoms with E-state index < -0.39 is 6.69 Å². The van der Waals surface area contributed by atoms with Gasteiger partial charge in [-0.25, -0.2) is 0 Å². The summed E-state index contributed by atoms with van der Waals surface area (Å²) in [5.41, 5.74) is 1.73. The first-order chi connectivity index (χ1) is 5.45. The SMILES string of the molecule is CCCC[Si](Br)(C(C)C)C(C)C. The van der Waals surface area contributed by atoms with E-state index in [-0.39, 0.29) is 0 Å². The van der Waals surface area contributed by atoms with Crippen LogP contribution in [0.25, 0.3) is 0 Å². The number of hydrogen-bond donors (Lipinski definition) is 0. The van der Waals surface area contributed by atoms with Gasteiger partial charge in [-0.2, -0.15) is 0 Å². The normalized spacial score (nSPS) is 13.0. The highest BCUT2D eigenvalue weighted by Gasteiger charge is 2.36. The molecule has 0 aromatic rings. The Bertz CT molecular complexity index is 113. The molecule has 0 aliphatic rings. The Morgan fingerprint density at radius 3 is 1.75 bits per heavy atom. The van der Waals surface area contributed by atoms with Gasteiger partial charge in [-0.15, -0.1) is 15.3 Å². The van der Waals surface area contributed by atoms with Crippen LogP contribution in [0.1, 0.15) is 47.5 Å². The van der Waals surface area contributed by atoms with E-state index in [9.17, 15) is 0 Å². The number of rotatable bonds is 5. The molecule has 74 valence electrons. The lowest BCUT2D eigenvalue weighted by atomic mass is 10.4. The molecule has 0 amide bonds. The molecule has 0 saturated heterocycles. The van der Waals surface area contributed by atoms with Crippen molar-refractivity contribution in [3.8, 4) is 0 Å². The van der Waals surface area contributed by atoms with Gasteiger partial charge in [0.05, 0.1) is 0 Å². The van der Waals surface area contributed by atoms with Gasteiger partial charge in [0.1, 0.15) is 6.69 Å². The zero-order valence-electron chi connectivity index (χ0n) is 9.15. The number of halogens is 1. The minimum absolute atomic E-state index is 0.865. The quantitative estimate of drug-likeness (QED) is 0.479. The molecule has 0 fully saturated rings. The molecule has 0 bridgehead atoms. The highest BCUT2D eigenvalue weighted by Crippen LogP contribution is 2.41. The van der Waals surface area contributed by atoms with Crippen LogP contribution >= 0.6 is 15.3 Å². The van der Waals surface area contributed by atoms with Gasteiger partial charge in [0.15, 0.2) is 0 Å². The fourth-order valence-electron chi connectivity index (χ4n) is 1.69. The summed E-state index contributed by atoms with van der Waals surface area (Å²) in [5, 5.41) is 0. The van der Waals surface area contributed by atoms with E-state index in [2.05, 4.69) is 49.9 Å². The van der Waals surface area contributed by atoms with Crippen LogP contribution in [0.2, 0.25) is 17.1 Å². The Hall–Kier alpha value is 0.697. The van der Waals surface area contributed by atoms with E-state index in [1.54, 1.807) is 0 Å². The molecule has 0 N–H and O–H groups in total. The minimum Gasteiger partial charge on any atom is -0.126 e. The van der Waals surface area contributed by atoms with E-state index in [0.29, 0.717) is 0 Å². The maximum atomic E-state index is 4.05. The summed E-state index contributed by atoms with van der Waals surface area (Å²) in [6.45, 7) is 10.7. The van der Waals surface area contributed by atoms with Gasteiger partial charge in [-0.05, 0) is 17.1 Å². The summed E-state index contributed by atoms with van der Waals surface area (Å²) in [7, 11) is 0. The second-order valence-corrected chi connectivity index (χ2v) is 13.4. The second-order valence-electron chi connectivity index (χ2n) is 4.34. The van der Waals surface area contributed by atoms with Crippen molar-refractivity contribution in [2.24, 2.45) is 0 Å². The predicted molar refractivity (Wildman–Crippen MR) is 64.6 cm³/mol. The summed E-state index contributed by atoms with van der Waals surface area (Å²) in [5.74, 6) is 0. The number of hydrogen-bond acceptors (Lipinski definition) is 0. The highest BCUT2D eigenvalue weighted by molar-refractivity contribution is 9.26. The lowest BCUT2D eigenvalue weighted by Crippen LogP contribution is -2.33. The fourth-order valence-corrected chi connectivity index (χ4v) is 5.92. The molecule has 0 unspecified atom stereocenters. The Labute approximate surface area is 86.7 Å². The van der Waals surface area contributed by atoms with Crippen molar-refractivity contribution in [1.29, 1.82) is 0 Å². The third-order valence-corrected chi connectivity index (χ3v) is 14.5. The molecule has 0 rings (SSSR count). The monoisotopic (exact) mass is 250 g/mol. The van der Waals surface area contributed by atoms with Gasteiger partial charge in [0.2, 0.25) is 0 Å². The predicted octanol–water partition coefficient (Wildman–Crippen LogP) is 4.95. The van der Waals surface area contributed by atoms with E-state index in [0.717, 1.165) is 11.1 Å². The summed E-state index contributed by atoms with van der Waals surface area (Å²) in [4.78, 5) is 0. The molecule has 2 heteroatoms. The van der Waals surface area contributed by atoms with Gasteiger partial charge in [-0.3, -0.25) is 0 Å². The molecule has 0 aliphatic heterocycles. The van der Waals surface area contributed by atoms with Gasteiger partial charge in [0, 0.05) is 0 Å². The summed E-state index contributed by atoms with van der Waals surface area (Å²) < 4.78 is 0. The molecular weight excluding hydrogens is 228 g/mol. The van der Waals surface area contributed by atoms with Crippen molar-refractivity contribution in [1.82, 2.24) is 0 Å². The third-order valence-electron chi connectivity index (χ3n) is 2.83. The van der Waals surface area contributed by atoms with Crippen molar-refractivity contribution in [2.45, 2.75) is 64.6 Å². The van der Waals surface area contributed by atoms with Crippen LogP contribution in [0.15, 0.2) is 0 Å². The molecule has 0 aromatic heterocycles. The summed E-state index contributed by atoms with van der Waals surface area (Å²) in [6, 6.07) is 1.44. The van der Waals surface area contributed by atoms with Crippen LogP contribution in [0.3, 0.4) is 0 Å². The molecule has 0 aromatic carbocycles. The van der Waals surface area contributed by atoms with E-state index >= 15 is 0 Å². The maximum absolute atomic E-state index is 4.05. The molecule has 0 nitrogen and oxygen atoms in total. The Morgan fingerprint density at radius 1 is 1.08 bits per heavy atom. The average molecular weight is 251 g/mol. The molecule has 0 saturated carbocycles. The minimum atomic E-state index is -1.11. The molecular formula is C10H23BrSi. The first kappa shape index (κ1) is 12.7. The van der Waals surface area contributed by atoms with E-state index in [1.165, 1.54) is 18.9 Å². The zero-order valence-corrected chi connectivity index (χ0v) is 11.7. The van der Waals surface area contributed by atoms with E-state index in [4.69, 9.17) is 0 Å². The van der Waals surface area contributed by atoms with E-state index in [1.807, 2.05) is 0 Å². The van der Waals surface area contributed by atoms with Gasteiger partial charge < -0.3 is 0 Å². The smallest absolute Gasteiger partial charge is 0.126 e. The lowest BCUT2D eigenvalue weighted by molar-refractivity contribution is 0.826. The Morgan fingerprint density at radius 2 is 1.50 bits per heavy atom. The number of unbranched alkanes of at least 4 members (excludes halogenated alkanes) is 1. The molecule has 0 spiro atoms. The Balaban J connectivity index is 4.19. The van der Waals surface area contributed by atoms with Gasteiger partial charge in [0.25, 0.3) is 0 Å². The molecule has 0 atom stereocenters. The summed E-state index contributed by atoms with van der Waals surface area (Å²) >= 11 is 4.05.